The molecule has 2 rings (SSSR count). The van der Waals surface area contributed by atoms with E-state index in [1.165, 1.54) is 11.1 Å². The lowest BCUT2D eigenvalue weighted by Gasteiger charge is -2.35. The number of hydrogen-bond donors (Lipinski definition) is 2. The third-order valence-electron chi connectivity index (χ3n) is 4.87. The average molecular weight is 360 g/mol. The van der Waals surface area contributed by atoms with Crippen molar-refractivity contribution in [2.75, 3.05) is 40.3 Å². The number of rotatable bonds is 7. The minimum atomic E-state index is 0.00174. The standard InChI is InChI=1S/C20H33N5O/c1-5-18(25-12-11-16-9-7-8-10-17(16)15-25)13-22-20(21-6-2)23-14-19(26)24(3)4/h7-10,18H,5-6,11-15H2,1-4H3,(H2,21,22,23). The number of benzene rings is 1. The van der Waals surface area contributed by atoms with Crippen LogP contribution in [-0.2, 0) is 17.8 Å². The molecule has 1 atom stereocenters. The predicted molar refractivity (Wildman–Crippen MR) is 107 cm³/mol. The molecule has 0 bridgehead atoms. The van der Waals surface area contributed by atoms with Gasteiger partial charge in [-0.2, -0.15) is 0 Å². The molecule has 0 spiro atoms. The van der Waals surface area contributed by atoms with E-state index in [-0.39, 0.29) is 12.5 Å². The van der Waals surface area contributed by atoms with Crippen molar-refractivity contribution >= 4 is 11.9 Å². The van der Waals surface area contributed by atoms with E-state index in [1.54, 1.807) is 19.0 Å². The summed E-state index contributed by atoms with van der Waals surface area (Å²) < 4.78 is 0. The fraction of sp³-hybridized carbons (Fsp3) is 0.600. The summed E-state index contributed by atoms with van der Waals surface area (Å²) in [7, 11) is 3.50. The van der Waals surface area contributed by atoms with Crippen LogP contribution in [0, 0.1) is 0 Å². The maximum atomic E-state index is 11.8. The van der Waals surface area contributed by atoms with Gasteiger partial charge in [0.2, 0.25) is 5.91 Å². The van der Waals surface area contributed by atoms with Gasteiger partial charge in [0.1, 0.15) is 6.54 Å². The molecule has 1 heterocycles. The molecule has 0 saturated heterocycles. The summed E-state index contributed by atoms with van der Waals surface area (Å²) in [5.74, 6) is 0.709. The summed E-state index contributed by atoms with van der Waals surface area (Å²) in [5.41, 5.74) is 2.91. The molecule has 1 amide bonds. The maximum absolute atomic E-state index is 11.8. The van der Waals surface area contributed by atoms with Gasteiger partial charge in [-0.3, -0.25) is 9.69 Å². The normalized spacial score (nSPS) is 15.9. The monoisotopic (exact) mass is 359 g/mol. The van der Waals surface area contributed by atoms with Gasteiger partial charge in [0, 0.05) is 46.3 Å². The van der Waals surface area contributed by atoms with Crippen LogP contribution in [0.4, 0.5) is 0 Å². The first kappa shape index (κ1) is 20.2. The average Bonchev–Trinajstić information content (AvgIpc) is 2.65. The van der Waals surface area contributed by atoms with Gasteiger partial charge < -0.3 is 15.5 Å². The van der Waals surface area contributed by atoms with Gasteiger partial charge in [0.25, 0.3) is 0 Å². The number of amides is 1. The third kappa shape index (κ3) is 5.73. The molecule has 0 fully saturated rings. The summed E-state index contributed by atoms with van der Waals surface area (Å²) in [6.45, 7) is 8.11. The Bertz CT molecular complexity index is 614. The third-order valence-corrected chi connectivity index (χ3v) is 4.87. The van der Waals surface area contributed by atoms with Crippen molar-refractivity contribution in [1.82, 2.24) is 20.4 Å². The molecule has 0 radical (unpaired) electrons. The van der Waals surface area contributed by atoms with E-state index >= 15 is 0 Å². The van der Waals surface area contributed by atoms with Gasteiger partial charge in [0.15, 0.2) is 5.96 Å². The van der Waals surface area contributed by atoms with Crippen molar-refractivity contribution in [2.24, 2.45) is 4.99 Å². The molecule has 1 unspecified atom stereocenters. The van der Waals surface area contributed by atoms with E-state index in [0.29, 0.717) is 12.0 Å². The number of hydrogen-bond acceptors (Lipinski definition) is 3. The summed E-state index contributed by atoms with van der Waals surface area (Å²) in [5, 5.41) is 6.64. The van der Waals surface area contributed by atoms with Gasteiger partial charge >= 0.3 is 0 Å². The molecule has 0 saturated carbocycles. The maximum Gasteiger partial charge on any atom is 0.243 e. The Morgan fingerprint density at radius 3 is 2.62 bits per heavy atom. The number of nitrogens with zero attached hydrogens (tertiary/aromatic N) is 3. The molecule has 144 valence electrons. The molecule has 1 aromatic rings. The minimum absolute atomic E-state index is 0.00174. The Kier molecular flexibility index (Phi) is 7.91. The first-order chi connectivity index (χ1) is 12.5. The van der Waals surface area contributed by atoms with Crippen molar-refractivity contribution in [3.8, 4) is 0 Å². The second-order valence-electron chi connectivity index (χ2n) is 6.92. The summed E-state index contributed by atoms with van der Waals surface area (Å²) in [6.07, 6.45) is 2.18. The zero-order valence-corrected chi connectivity index (χ0v) is 16.6. The van der Waals surface area contributed by atoms with Crippen LogP contribution in [-0.4, -0.2) is 68.0 Å². The van der Waals surface area contributed by atoms with Gasteiger partial charge in [-0.25, -0.2) is 4.99 Å². The molecule has 6 nitrogen and oxygen atoms in total. The molecule has 1 aliphatic rings. The van der Waals surface area contributed by atoms with Crippen LogP contribution < -0.4 is 10.6 Å². The van der Waals surface area contributed by atoms with Crippen LogP contribution in [0.5, 0.6) is 0 Å². The van der Waals surface area contributed by atoms with Gasteiger partial charge in [-0.1, -0.05) is 31.2 Å². The fourth-order valence-corrected chi connectivity index (χ4v) is 3.21. The van der Waals surface area contributed by atoms with Crippen LogP contribution in [0.3, 0.4) is 0 Å². The lowest BCUT2D eigenvalue weighted by Crippen LogP contribution is -2.48. The van der Waals surface area contributed by atoms with Gasteiger partial charge in [-0.05, 0) is 30.9 Å². The quantitative estimate of drug-likeness (QED) is 0.572. The zero-order valence-electron chi connectivity index (χ0n) is 16.6. The zero-order chi connectivity index (χ0) is 18.9. The molecule has 1 aliphatic heterocycles. The molecular formula is C20H33N5O. The second-order valence-corrected chi connectivity index (χ2v) is 6.92. The Balaban J connectivity index is 1.93. The molecule has 0 aliphatic carbocycles. The van der Waals surface area contributed by atoms with E-state index in [1.807, 2.05) is 6.92 Å². The molecule has 2 N–H and O–H groups in total. The largest absolute Gasteiger partial charge is 0.357 e. The molecule has 0 aromatic heterocycles. The van der Waals surface area contributed by atoms with Crippen molar-refractivity contribution in [3.63, 3.8) is 0 Å². The minimum Gasteiger partial charge on any atom is -0.357 e. The number of guanidine groups is 1. The van der Waals surface area contributed by atoms with Crippen LogP contribution in [0.25, 0.3) is 0 Å². The Labute approximate surface area is 157 Å². The smallest absolute Gasteiger partial charge is 0.243 e. The summed E-state index contributed by atoms with van der Waals surface area (Å²) in [4.78, 5) is 20.3. The highest BCUT2D eigenvalue weighted by molar-refractivity contribution is 5.84. The van der Waals surface area contributed by atoms with Gasteiger partial charge in [0.05, 0.1) is 0 Å². The van der Waals surface area contributed by atoms with E-state index in [9.17, 15) is 4.79 Å². The Morgan fingerprint density at radius 1 is 1.23 bits per heavy atom. The summed E-state index contributed by atoms with van der Waals surface area (Å²) >= 11 is 0. The van der Waals surface area contributed by atoms with Gasteiger partial charge in [-0.15, -0.1) is 0 Å². The molecule has 6 heteroatoms. The van der Waals surface area contributed by atoms with Crippen molar-refractivity contribution < 1.29 is 4.79 Å². The number of nitrogens with one attached hydrogen (secondary N) is 2. The van der Waals surface area contributed by atoms with Crippen molar-refractivity contribution in [2.45, 2.75) is 39.3 Å². The Hall–Kier alpha value is -2.08. The highest BCUT2D eigenvalue weighted by atomic mass is 16.2. The number of fused-ring (bicyclic) bond motifs is 1. The van der Waals surface area contributed by atoms with Crippen LogP contribution in [0.15, 0.2) is 29.3 Å². The van der Waals surface area contributed by atoms with Crippen LogP contribution in [0.2, 0.25) is 0 Å². The molecule has 26 heavy (non-hydrogen) atoms. The fourth-order valence-electron chi connectivity index (χ4n) is 3.21. The number of carbonyl (C=O) groups is 1. The second kappa shape index (κ2) is 10.2. The first-order valence-corrected chi connectivity index (χ1v) is 9.58. The van der Waals surface area contributed by atoms with E-state index < -0.39 is 0 Å². The highest BCUT2D eigenvalue weighted by Gasteiger charge is 2.22. The lowest BCUT2D eigenvalue weighted by atomic mass is 9.98. The van der Waals surface area contributed by atoms with Crippen molar-refractivity contribution in [1.29, 1.82) is 0 Å². The highest BCUT2D eigenvalue weighted by Crippen LogP contribution is 2.21. The molecular weight excluding hydrogens is 326 g/mol. The van der Waals surface area contributed by atoms with Crippen molar-refractivity contribution in [3.05, 3.63) is 35.4 Å². The lowest BCUT2D eigenvalue weighted by molar-refractivity contribution is -0.127. The number of aliphatic imine (C=N–C) groups is 1. The SMILES string of the molecule is CCNC(=NCC(=O)N(C)C)NCC(CC)N1CCc2ccccc2C1. The Morgan fingerprint density at radius 2 is 1.96 bits per heavy atom. The van der Waals surface area contributed by atoms with Crippen LogP contribution in [0.1, 0.15) is 31.4 Å². The number of carbonyl (C=O) groups excluding carboxylic acids is 1. The van der Waals surface area contributed by atoms with E-state index in [2.05, 4.69) is 51.7 Å². The predicted octanol–water partition coefficient (Wildman–Crippen LogP) is 1.47. The molecule has 1 aromatic carbocycles. The first-order valence-electron chi connectivity index (χ1n) is 9.58. The number of likely N-dealkylation sites (N-methyl/N-ethyl adjacent to an activating group) is 1. The summed E-state index contributed by atoms with van der Waals surface area (Å²) in [6, 6.07) is 9.17. The van der Waals surface area contributed by atoms with Crippen LogP contribution >= 0.6 is 0 Å². The van der Waals surface area contributed by atoms with E-state index in [0.717, 1.165) is 39.0 Å². The topological polar surface area (TPSA) is 60.0 Å². The van der Waals surface area contributed by atoms with E-state index in [4.69, 9.17) is 0 Å².